The van der Waals surface area contributed by atoms with E-state index in [4.69, 9.17) is 9.15 Å². The smallest absolute Gasteiger partial charge is 0.197 e. The summed E-state index contributed by atoms with van der Waals surface area (Å²) in [6.45, 7) is 5.53. The highest BCUT2D eigenvalue weighted by Crippen LogP contribution is 2.21. The number of hydrogen-bond donors (Lipinski definition) is 0. The van der Waals surface area contributed by atoms with Crippen LogP contribution >= 0.6 is 0 Å². The Bertz CT molecular complexity index is 255. The summed E-state index contributed by atoms with van der Waals surface area (Å²) >= 11 is 0. The molecular weight excluding hydrogens is 154 g/mol. The van der Waals surface area contributed by atoms with Crippen molar-refractivity contribution in [3.05, 3.63) is 17.3 Å². The Morgan fingerprint density at radius 1 is 1.42 bits per heavy atom. The second kappa shape index (κ2) is 2.90. The van der Waals surface area contributed by atoms with Crippen molar-refractivity contribution in [2.24, 2.45) is 0 Å². The molecule has 2 heterocycles. The Hall–Kier alpha value is -0.830. The molecule has 0 amide bonds. The first kappa shape index (κ1) is 7.80. The third kappa shape index (κ3) is 1.25. The molecule has 1 aliphatic heterocycles. The van der Waals surface area contributed by atoms with Crippen molar-refractivity contribution in [2.45, 2.75) is 32.8 Å². The van der Waals surface area contributed by atoms with Crippen LogP contribution in [0.5, 0.6) is 0 Å². The van der Waals surface area contributed by atoms with Gasteiger partial charge in [0.15, 0.2) is 11.7 Å². The molecular formula is C9H13NO2. The average molecular weight is 167 g/mol. The van der Waals surface area contributed by atoms with Crippen LogP contribution in [0, 0.1) is 0 Å². The van der Waals surface area contributed by atoms with Gasteiger partial charge in [-0.3, -0.25) is 0 Å². The largest absolute Gasteiger partial charge is 0.443 e. The quantitative estimate of drug-likeness (QED) is 0.640. The van der Waals surface area contributed by atoms with E-state index >= 15 is 0 Å². The molecule has 1 aromatic rings. The number of oxazole rings is 1. The first-order chi connectivity index (χ1) is 5.77. The van der Waals surface area contributed by atoms with Gasteiger partial charge in [-0.15, -0.1) is 0 Å². The molecule has 1 aromatic heterocycles. The molecule has 0 unspecified atom stereocenters. The van der Waals surface area contributed by atoms with E-state index in [1.165, 1.54) is 0 Å². The highest BCUT2D eigenvalue weighted by atomic mass is 16.5. The lowest BCUT2D eigenvalue weighted by Crippen LogP contribution is -2.07. The lowest BCUT2D eigenvalue weighted by atomic mass is 10.2. The molecule has 66 valence electrons. The molecule has 3 heteroatoms. The molecule has 0 bridgehead atoms. The summed E-state index contributed by atoms with van der Waals surface area (Å²) < 4.78 is 10.8. The molecule has 0 fully saturated rings. The fourth-order valence-electron chi connectivity index (χ4n) is 1.29. The minimum absolute atomic E-state index is 0.371. The SMILES string of the molecule is CC(C)c1nc2c(o1)COCC2. The van der Waals surface area contributed by atoms with Gasteiger partial charge in [-0.1, -0.05) is 13.8 Å². The van der Waals surface area contributed by atoms with Crippen molar-refractivity contribution < 1.29 is 9.15 Å². The van der Waals surface area contributed by atoms with Crippen molar-refractivity contribution in [2.75, 3.05) is 6.61 Å². The van der Waals surface area contributed by atoms with Crippen molar-refractivity contribution >= 4 is 0 Å². The summed E-state index contributed by atoms with van der Waals surface area (Å²) in [5.74, 6) is 2.13. The van der Waals surface area contributed by atoms with Gasteiger partial charge in [0.05, 0.1) is 12.3 Å². The van der Waals surface area contributed by atoms with Gasteiger partial charge in [0.25, 0.3) is 0 Å². The molecule has 0 saturated carbocycles. The van der Waals surface area contributed by atoms with Crippen molar-refractivity contribution in [1.29, 1.82) is 0 Å². The maximum Gasteiger partial charge on any atom is 0.197 e. The van der Waals surface area contributed by atoms with E-state index in [2.05, 4.69) is 18.8 Å². The van der Waals surface area contributed by atoms with E-state index in [-0.39, 0.29) is 0 Å². The number of aromatic nitrogens is 1. The van der Waals surface area contributed by atoms with E-state index in [1.807, 2.05) is 0 Å². The van der Waals surface area contributed by atoms with Crippen LogP contribution in [0.1, 0.15) is 37.1 Å². The Labute approximate surface area is 71.7 Å². The standard InChI is InChI=1S/C9H13NO2/c1-6(2)9-10-7-3-4-11-5-8(7)12-9/h6H,3-5H2,1-2H3. The Balaban J connectivity index is 2.32. The van der Waals surface area contributed by atoms with Crippen LogP contribution in [-0.4, -0.2) is 11.6 Å². The van der Waals surface area contributed by atoms with E-state index in [9.17, 15) is 0 Å². The summed E-state index contributed by atoms with van der Waals surface area (Å²) in [5.41, 5.74) is 1.09. The van der Waals surface area contributed by atoms with Crippen LogP contribution in [0.2, 0.25) is 0 Å². The number of hydrogen-bond acceptors (Lipinski definition) is 3. The van der Waals surface area contributed by atoms with Gasteiger partial charge in [0.1, 0.15) is 6.61 Å². The number of fused-ring (bicyclic) bond motifs is 1. The maximum absolute atomic E-state index is 5.53. The van der Waals surface area contributed by atoms with Crippen LogP contribution in [0.3, 0.4) is 0 Å². The molecule has 0 spiro atoms. The van der Waals surface area contributed by atoms with Crippen molar-refractivity contribution in [3.8, 4) is 0 Å². The van der Waals surface area contributed by atoms with Crippen LogP contribution in [-0.2, 0) is 17.8 Å². The van der Waals surface area contributed by atoms with Crippen LogP contribution in [0.25, 0.3) is 0 Å². The Morgan fingerprint density at radius 2 is 2.25 bits per heavy atom. The maximum atomic E-state index is 5.53. The lowest BCUT2D eigenvalue weighted by Gasteiger charge is -2.07. The summed E-state index contributed by atoms with van der Waals surface area (Å²) in [4.78, 5) is 4.40. The fourth-order valence-corrected chi connectivity index (χ4v) is 1.29. The van der Waals surface area contributed by atoms with E-state index in [0.717, 1.165) is 30.4 Å². The highest BCUT2D eigenvalue weighted by Gasteiger charge is 2.18. The molecule has 0 N–H and O–H groups in total. The average Bonchev–Trinajstić information content (AvgIpc) is 2.46. The van der Waals surface area contributed by atoms with E-state index in [1.54, 1.807) is 0 Å². The first-order valence-electron chi connectivity index (χ1n) is 4.33. The summed E-state index contributed by atoms with van der Waals surface area (Å²) in [5, 5.41) is 0. The molecule has 0 radical (unpaired) electrons. The van der Waals surface area contributed by atoms with E-state index < -0.39 is 0 Å². The first-order valence-corrected chi connectivity index (χ1v) is 4.33. The number of ether oxygens (including phenoxy) is 1. The topological polar surface area (TPSA) is 35.3 Å². The minimum Gasteiger partial charge on any atom is -0.443 e. The van der Waals surface area contributed by atoms with E-state index in [0.29, 0.717) is 12.5 Å². The predicted octanol–water partition coefficient (Wildman–Crippen LogP) is 1.87. The lowest BCUT2D eigenvalue weighted by molar-refractivity contribution is 0.0926. The van der Waals surface area contributed by atoms with Crippen molar-refractivity contribution in [3.63, 3.8) is 0 Å². The van der Waals surface area contributed by atoms with Gasteiger partial charge in [-0.2, -0.15) is 0 Å². The highest BCUT2D eigenvalue weighted by molar-refractivity contribution is 5.12. The fraction of sp³-hybridized carbons (Fsp3) is 0.667. The Kier molecular flexibility index (Phi) is 1.89. The van der Waals surface area contributed by atoms with Gasteiger partial charge in [-0.05, 0) is 0 Å². The molecule has 12 heavy (non-hydrogen) atoms. The molecule has 0 atom stereocenters. The third-order valence-electron chi connectivity index (χ3n) is 2.01. The molecule has 1 aliphatic rings. The van der Waals surface area contributed by atoms with Gasteiger partial charge in [0, 0.05) is 12.3 Å². The zero-order chi connectivity index (χ0) is 8.55. The Morgan fingerprint density at radius 3 is 2.92 bits per heavy atom. The van der Waals surface area contributed by atoms with Gasteiger partial charge < -0.3 is 9.15 Å². The summed E-state index contributed by atoms with van der Waals surface area (Å²) in [7, 11) is 0. The van der Waals surface area contributed by atoms with Gasteiger partial charge in [0.2, 0.25) is 0 Å². The molecule has 2 rings (SSSR count). The molecule has 3 nitrogen and oxygen atoms in total. The van der Waals surface area contributed by atoms with Gasteiger partial charge >= 0.3 is 0 Å². The van der Waals surface area contributed by atoms with Gasteiger partial charge in [-0.25, -0.2) is 4.98 Å². The van der Waals surface area contributed by atoms with Crippen LogP contribution in [0.15, 0.2) is 4.42 Å². The zero-order valence-electron chi connectivity index (χ0n) is 7.46. The van der Waals surface area contributed by atoms with Crippen LogP contribution in [0.4, 0.5) is 0 Å². The number of nitrogens with zero attached hydrogens (tertiary/aromatic N) is 1. The minimum atomic E-state index is 0.371. The number of rotatable bonds is 1. The normalized spacial score (nSPS) is 16.6. The third-order valence-corrected chi connectivity index (χ3v) is 2.01. The monoisotopic (exact) mass is 167 g/mol. The summed E-state index contributed by atoms with van der Waals surface area (Å²) in [6, 6.07) is 0. The molecule has 0 aromatic carbocycles. The zero-order valence-corrected chi connectivity index (χ0v) is 7.46. The second-order valence-corrected chi connectivity index (χ2v) is 3.38. The molecule has 0 saturated heterocycles. The van der Waals surface area contributed by atoms with Crippen LogP contribution < -0.4 is 0 Å². The predicted molar refractivity (Wildman–Crippen MR) is 44.0 cm³/mol. The second-order valence-electron chi connectivity index (χ2n) is 3.38. The summed E-state index contributed by atoms with van der Waals surface area (Å²) in [6.07, 6.45) is 0.894. The molecule has 0 aliphatic carbocycles. The van der Waals surface area contributed by atoms with Crippen molar-refractivity contribution in [1.82, 2.24) is 4.98 Å².